The molecule has 142 valence electrons. The summed E-state index contributed by atoms with van der Waals surface area (Å²) < 4.78 is 0. The van der Waals surface area contributed by atoms with Crippen LogP contribution in [0.4, 0.5) is 0 Å². The fraction of sp³-hybridized carbons (Fsp3) is 0.889. The van der Waals surface area contributed by atoms with Gasteiger partial charge >= 0.3 is 0 Å². The van der Waals surface area contributed by atoms with E-state index < -0.39 is 0 Å². The van der Waals surface area contributed by atoms with Crippen LogP contribution in [0.2, 0.25) is 0 Å². The van der Waals surface area contributed by atoms with Crippen LogP contribution in [0.15, 0.2) is 4.99 Å². The topological polar surface area (TPSA) is 60.0 Å². The van der Waals surface area contributed by atoms with Crippen LogP contribution in [0.3, 0.4) is 0 Å². The molecule has 1 unspecified atom stereocenters. The average molecular weight is 342 g/mol. The third kappa shape index (κ3) is 9.75. The van der Waals surface area contributed by atoms with Crippen molar-refractivity contribution < 1.29 is 4.79 Å². The maximum absolute atomic E-state index is 12.0. The highest BCUT2D eigenvalue weighted by molar-refractivity contribution is 5.81. The highest BCUT2D eigenvalue weighted by Gasteiger charge is 2.13. The SMILES string of the molecule is CCNC(=NCC(CC(C)C)N(C)C)NCCC(=O)N(CC)CC. The lowest BCUT2D eigenvalue weighted by Crippen LogP contribution is -2.41. The second-order valence-corrected chi connectivity index (χ2v) is 6.71. The number of nitrogens with one attached hydrogen (secondary N) is 2. The lowest BCUT2D eigenvalue weighted by Gasteiger charge is -2.25. The number of hydrogen-bond acceptors (Lipinski definition) is 3. The molecule has 0 rings (SSSR count). The Morgan fingerprint density at radius 2 is 1.71 bits per heavy atom. The summed E-state index contributed by atoms with van der Waals surface area (Å²) in [6.07, 6.45) is 1.62. The van der Waals surface area contributed by atoms with E-state index >= 15 is 0 Å². The van der Waals surface area contributed by atoms with Crippen LogP contribution in [-0.4, -0.2) is 74.5 Å². The number of carbonyl (C=O) groups excluding carboxylic acids is 1. The molecule has 2 N–H and O–H groups in total. The molecule has 6 nitrogen and oxygen atoms in total. The second kappa shape index (κ2) is 13.0. The molecule has 0 saturated heterocycles. The highest BCUT2D eigenvalue weighted by Crippen LogP contribution is 2.09. The van der Waals surface area contributed by atoms with Gasteiger partial charge in [0.2, 0.25) is 5.91 Å². The molecule has 0 heterocycles. The van der Waals surface area contributed by atoms with Crippen LogP contribution in [0, 0.1) is 5.92 Å². The Morgan fingerprint density at radius 1 is 1.08 bits per heavy atom. The average Bonchev–Trinajstić information content (AvgIpc) is 2.51. The maximum atomic E-state index is 12.0. The second-order valence-electron chi connectivity index (χ2n) is 6.71. The molecule has 0 aromatic carbocycles. The third-order valence-electron chi connectivity index (χ3n) is 4.03. The van der Waals surface area contributed by atoms with Crippen LogP contribution >= 0.6 is 0 Å². The summed E-state index contributed by atoms with van der Waals surface area (Å²) in [5, 5.41) is 6.53. The molecular weight excluding hydrogens is 302 g/mol. The Kier molecular flexibility index (Phi) is 12.3. The maximum Gasteiger partial charge on any atom is 0.224 e. The molecule has 0 aliphatic heterocycles. The smallest absolute Gasteiger partial charge is 0.224 e. The van der Waals surface area contributed by atoms with Crippen molar-refractivity contribution in [2.45, 2.75) is 53.5 Å². The summed E-state index contributed by atoms with van der Waals surface area (Å²) in [4.78, 5) is 20.8. The minimum Gasteiger partial charge on any atom is -0.357 e. The number of hydrogen-bond donors (Lipinski definition) is 2. The fourth-order valence-electron chi connectivity index (χ4n) is 2.55. The largest absolute Gasteiger partial charge is 0.357 e. The number of likely N-dealkylation sites (N-methyl/N-ethyl adjacent to an activating group) is 1. The Bertz CT molecular complexity index is 364. The Labute approximate surface area is 149 Å². The van der Waals surface area contributed by atoms with Gasteiger partial charge in [0, 0.05) is 38.6 Å². The molecule has 0 spiro atoms. The Hall–Kier alpha value is -1.30. The van der Waals surface area contributed by atoms with Crippen LogP contribution in [0.25, 0.3) is 0 Å². The normalized spacial score (nSPS) is 13.3. The lowest BCUT2D eigenvalue weighted by atomic mass is 10.0. The van der Waals surface area contributed by atoms with Crippen molar-refractivity contribution in [3.8, 4) is 0 Å². The van der Waals surface area contributed by atoms with Crippen LogP contribution in [0.5, 0.6) is 0 Å². The minimum atomic E-state index is 0.189. The molecule has 24 heavy (non-hydrogen) atoms. The first-order valence-electron chi connectivity index (χ1n) is 9.31. The molecule has 0 aromatic rings. The van der Waals surface area contributed by atoms with E-state index in [0.29, 0.717) is 24.9 Å². The van der Waals surface area contributed by atoms with Crippen molar-refractivity contribution >= 4 is 11.9 Å². The van der Waals surface area contributed by atoms with Crippen molar-refractivity contribution in [1.29, 1.82) is 0 Å². The highest BCUT2D eigenvalue weighted by atomic mass is 16.2. The number of amides is 1. The standard InChI is InChI=1S/C18H39N5O/c1-8-19-18(20-12-11-17(24)23(9-2)10-3)21-14-16(22(6)7)13-15(4)5/h15-16H,8-14H2,1-7H3,(H2,19,20,21). The van der Waals surface area contributed by atoms with Crippen LogP contribution in [0.1, 0.15) is 47.5 Å². The summed E-state index contributed by atoms with van der Waals surface area (Å²) in [7, 11) is 4.21. The van der Waals surface area contributed by atoms with Crippen LogP contribution < -0.4 is 10.6 Å². The van der Waals surface area contributed by atoms with E-state index in [1.165, 1.54) is 0 Å². The van der Waals surface area contributed by atoms with Crippen molar-refractivity contribution in [3.63, 3.8) is 0 Å². The Balaban J connectivity index is 4.53. The zero-order valence-corrected chi connectivity index (χ0v) is 16.9. The van der Waals surface area contributed by atoms with Gasteiger partial charge in [-0.25, -0.2) is 0 Å². The van der Waals surface area contributed by atoms with Gasteiger partial charge in [0.05, 0.1) is 6.54 Å². The van der Waals surface area contributed by atoms with E-state index in [4.69, 9.17) is 4.99 Å². The molecule has 1 atom stereocenters. The number of carbonyl (C=O) groups is 1. The summed E-state index contributed by atoms with van der Waals surface area (Å²) in [5.74, 6) is 1.63. The van der Waals surface area contributed by atoms with Gasteiger partial charge in [0.1, 0.15) is 0 Å². The van der Waals surface area contributed by atoms with Gasteiger partial charge < -0.3 is 20.4 Å². The van der Waals surface area contributed by atoms with E-state index in [-0.39, 0.29) is 5.91 Å². The first-order valence-corrected chi connectivity index (χ1v) is 9.31. The third-order valence-corrected chi connectivity index (χ3v) is 4.03. The summed E-state index contributed by atoms with van der Waals surface area (Å²) in [5.41, 5.74) is 0. The molecule has 0 bridgehead atoms. The minimum absolute atomic E-state index is 0.189. The van der Waals surface area contributed by atoms with Crippen molar-refractivity contribution in [1.82, 2.24) is 20.4 Å². The van der Waals surface area contributed by atoms with E-state index in [1.807, 2.05) is 18.7 Å². The fourth-order valence-corrected chi connectivity index (χ4v) is 2.55. The molecular formula is C18H39N5O. The van der Waals surface area contributed by atoms with Gasteiger partial charge in [-0.15, -0.1) is 0 Å². The van der Waals surface area contributed by atoms with Gasteiger partial charge in [-0.3, -0.25) is 9.79 Å². The molecule has 0 aliphatic rings. The predicted molar refractivity (Wildman–Crippen MR) is 103 cm³/mol. The number of aliphatic imine (C=N–C) groups is 1. The van der Waals surface area contributed by atoms with Gasteiger partial charge in [-0.2, -0.15) is 0 Å². The quantitative estimate of drug-likeness (QED) is 0.444. The van der Waals surface area contributed by atoms with E-state index in [2.05, 4.69) is 50.4 Å². The monoisotopic (exact) mass is 341 g/mol. The first kappa shape index (κ1) is 22.7. The van der Waals surface area contributed by atoms with Crippen molar-refractivity contribution in [2.24, 2.45) is 10.9 Å². The van der Waals surface area contributed by atoms with E-state index in [9.17, 15) is 4.79 Å². The van der Waals surface area contributed by atoms with Gasteiger partial charge in [0.25, 0.3) is 0 Å². The molecule has 0 radical (unpaired) electrons. The van der Waals surface area contributed by atoms with Crippen LogP contribution in [-0.2, 0) is 4.79 Å². The van der Waals surface area contributed by atoms with Gasteiger partial charge in [0.15, 0.2) is 5.96 Å². The molecule has 1 amide bonds. The molecule has 6 heteroatoms. The number of rotatable bonds is 11. The van der Waals surface area contributed by atoms with Gasteiger partial charge in [-0.05, 0) is 47.2 Å². The number of guanidine groups is 1. The summed E-state index contributed by atoms with van der Waals surface area (Å²) in [6.45, 7) is 14.3. The zero-order chi connectivity index (χ0) is 18.5. The predicted octanol–water partition coefficient (Wildman–Crippen LogP) is 1.78. The summed E-state index contributed by atoms with van der Waals surface area (Å²) >= 11 is 0. The molecule has 0 fully saturated rings. The van der Waals surface area contributed by atoms with Gasteiger partial charge in [-0.1, -0.05) is 13.8 Å². The lowest BCUT2D eigenvalue weighted by molar-refractivity contribution is -0.130. The zero-order valence-electron chi connectivity index (χ0n) is 16.9. The molecule has 0 aliphatic carbocycles. The van der Waals surface area contributed by atoms with Crippen molar-refractivity contribution in [2.75, 3.05) is 46.8 Å². The molecule has 0 saturated carbocycles. The molecule has 0 aromatic heterocycles. The van der Waals surface area contributed by atoms with E-state index in [0.717, 1.165) is 38.6 Å². The first-order chi connectivity index (χ1) is 11.3. The number of nitrogens with zero attached hydrogens (tertiary/aromatic N) is 3. The van der Waals surface area contributed by atoms with Crippen molar-refractivity contribution in [3.05, 3.63) is 0 Å². The Morgan fingerprint density at radius 3 is 2.17 bits per heavy atom. The van der Waals surface area contributed by atoms with E-state index in [1.54, 1.807) is 0 Å². The summed E-state index contributed by atoms with van der Waals surface area (Å²) in [6, 6.07) is 0.428.